The number of nitriles is 1. The van der Waals surface area contributed by atoms with Gasteiger partial charge in [-0.15, -0.1) is 11.3 Å². The zero-order valence-electron chi connectivity index (χ0n) is 31.7. The highest BCUT2D eigenvalue weighted by atomic mass is 35.5. The van der Waals surface area contributed by atoms with Crippen molar-refractivity contribution in [3.05, 3.63) is 34.4 Å². The van der Waals surface area contributed by atoms with Crippen LogP contribution >= 0.6 is 22.9 Å². The van der Waals surface area contributed by atoms with Gasteiger partial charge in [0.2, 0.25) is 5.91 Å². The Morgan fingerprint density at radius 3 is 2.59 bits per heavy atom. The Bertz CT molecular complexity index is 2200. The van der Waals surface area contributed by atoms with Crippen LogP contribution in [0.2, 0.25) is 5.02 Å². The van der Waals surface area contributed by atoms with Crippen molar-refractivity contribution in [1.29, 1.82) is 5.26 Å². The molecule has 298 valence electrons. The molecule has 5 unspecified atom stereocenters. The summed E-state index contributed by atoms with van der Waals surface area (Å²) in [5.41, 5.74) is 6.12. The third-order valence-corrected chi connectivity index (χ3v) is 13.2. The van der Waals surface area contributed by atoms with Gasteiger partial charge < -0.3 is 25.0 Å². The van der Waals surface area contributed by atoms with E-state index >= 15 is 4.39 Å². The first-order chi connectivity index (χ1) is 27.2. The number of nitrogens with two attached hydrogens (primary N) is 1. The van der Waals surface area contributed by atoms with E-state index in [1.807, 2.05) is 29.7 Å². The molecule has 0 radical (unpaired) electrons. The number of rotatable bonds is 5. The smallest absolute Gasteiger partial charge is 0.318 e. The van der Waals surface area contributed by atoms with Crippen LogP contribution < -0.4 is 25.4 Å². The summed E-state index contributed by atoms with van der Waals surface area (Å²) in [6.45, 7) is 7.63. The minimum atomic E-state index is -0.793. The molecule has 1 saturated carbocycles. The molecular formula is C40H46ClF3N8O3S. The second kappa shape index (κ2) is 15.7. The molecule has 3 N–H and O–H groups in total. The highest BCUT2D eigenvalue weighted by Crippen LogP contribution is 2.51. The fourth-order valence-corrected chi connectivity index (χ4v) is 10.3. The molecule has 4 aromatic rings. The number of methoxy groups -OCH3 is 1. The average Bonchev–Trinajstić information content (AvgIpc) is 4.11. The van der Waals surface area contributed by atoms with Crippen molar-refractivity contribution in [2.24, 2.45) is 5.92 Å². The standard InChI is InChI=1S/C31H28ClF2N7O3S.C7H12FN.C2H6/c1-43-31-38-24-20-26(21(32)19(22(24)34)15-6-7-17(33)27-18(15)16(11-35)28(36)45-27)44-10-9-41(29(20)39-31)14-3-2-8-40(12-14)30(42)25-23(37-25)13-4-5-13;8-6-4-7-2-1-3-9(7)5-6;1-2/h6-7,13-14,23,25,37H,2-5,8-10,12,36H2,1H3;6-7H,1-5H2;1-2H3. The minimum absolute atomic E-state index is 0.0419. The fourth-order valence-electron chi connectivity index (χ4n) is 9.00. The van der Waals surface area contributed by atoms with E-state index in [0.29, 0.717) is 50.0 Å². The summed E-state index contributed by atoms with van der Waals surface area (Å²) in [4.78, 5) is 28.7. The molecule has 5 atom stereocenters. The van der Waals surface area contributed by atoms with E-state index in [4.69, 9.17) is 26.8 Å². The van der Waals surface area contributed by atoms with E-state index in [1.54, 1.807) is 0 Å². The Labute approximate surface area is 332 Å². The van der Waals surface area contributed by atoms with Gasteiger partial charge in [-0.25, -0.2) is 13.2 Å². The van der Waals surface area contributed by atoms with Crippen molar-refractivity contribution in [3.63, 3.8) is 0 Å². The molecule has 5 fully saturated rings. The number of nitrogens with one attached hydrogen (secondary N) is 1. The number of anilines is 2. The molecule has 2 aromatic carbocycles. The number of thiophene rings is 1. The minimum Gasteiger partial charge on any atom is -0.489 e. The summed E-state index contributed by atoms with van der Waals surface area (Å²) in [5.74, 6) is -0.0534. The van der Waals surface area contributed by atoms with Crippen molar-refractivity contribution >= 4 is 60.7 Å². The molecule has 0 bridgehead atoms. The van der Waals surface area contributed by atoms with Gasteiger partial charge in [0, 0.05) is 48.7 Å². The van der Waals surface area contributed by atoms with Crippen molar-refractivity contribution in [2.75, 3.05) is 57.1 Å². The Balaban J connectivity index is 0.000000347. The Morgan fingerprint density at radius 1 is 1.09 bits per heavy atom. The number of nitrogens with zero attached hydrogens (tertiary/aromatic N) is 6. The van der Waals surface area contributed by atoms with Gasteiger partial charge in [0.1, 0.15) is 47.0 Å². The second-order valence-corrected chi connectivity index (χ2v) is 16.5. The van der Waals surface area contributed by atoms with Crippen LogP contribution in [0.4, 0.5) is 24.0 Å². The van der Waals surface area contributed by atoms with E-state index in [1.165, 1.54) is 44.9 Å². The lowest BCUT2D eigenvalue weighted by molar-refractivity contribution is -0.132. The topological polar surface area (TPSA) is 143 Å². The van der Waals surface area contributed by atoms with Crippen molar-refractivity contribution in [3.8, 4) is 29.0 Å². The summed E-state index contributed by atoms with van der Waals surface area (Å²) in [6.07, 6.45) is 6.78. The number of aromatic nitrogens is 2. The summed E-state index contributed by atoms with van der Waals surface area (Å²) < 4.78 is 56.1. The Hall–Kier alpha value is -4.10. The SMILES string of the molecule is CC.COc1nc2c3c(c(Cl)c(-c4ccc(F)c5sc(N)c(C#N)c45)c(F)c3n1)OCCN2C1CCCN(C(=O)C2NC2C2CC2)C1.FC1CC2CCCN2C1. The molecule has 2 aromatic heterocycles. The molecule has 4 saturated heterocycles. The molecule has 1 amide bonds. The number of amides is 1. The summed E-state index contributed by atoms with van der Waals surface area (Å²) >= 11 is 7.89. The fraction of sp³-hybridized carbons (Fsp3) is 0.550. The molecule has 5 aliphatic heterocycles. The van der Waals surface area contributed by atoms with Crippen LogP contribution in [0.3, 0.4) is 0 Å². The third-order valence-electron chi connectivity index (χ3n) is 11.8. The number of ether oxygens (including phenoxy) is 2. The lowest BCUT2D eigenvalue weighted by atomic mass is 9.96. The van der Waals surface area contributed by atoms with Crippen LogP contribution in [0.25, 0.3) is 32.1 Å². The number of carbonyl (C=O) groups is 1. The summed E-state index contributed by atoms with van der Waals surface area (Å²) in [5, 5.41) is 13.7. The number of nitrogen functional groups attached to an aromatic ring is 1. The summed E-state index contributed by atoms with van der Waals surface area (Å²) in [7, 11) is 1.40. The third kappa shape index (κ3) is 6.86. The van der Waals surface area contributed by atoms with E-state index in [0.717, 1.165) is 37.1 Å². The largest absolute Gasteiger partial charge is 0.489 e. The van der Waals surface area contributed by atoms with Gasteiger partial charge >= 0.3 is 6.01 Å². The van der Waals surface area contributed by atoms with E-state index in [2.05, 4.69) is 20.2 Å². The lowest BCUT2D eigenvalue weighted by Crippen LogP contribution is -2.52. The normalized spacial score (nSPS) is 25.4. The molecule has 0 spiro atoms. The number of alkyl halides is 1. The maximum Gasteiger partial charge on any atom is 0.318 e. The van der Waals surface area contributed by atoms with Crippen LogP contribution in [-0.4, -0.2) is 102 Å². The Morgan fingerprint density at radius 2 is 1.86 bits per heavy atom. The predicted octanol–water partition coefficient (Wildman–Crippen LogP) is 7.06. The van der Waals surface area contributed by atoms with Gasteiger partial charge in [0.05, 0.1) is 34.3 Å². The molecular weight excluding hydrogens is 765 g/mol. The van der Waals surface area contributed by atoms with Crippen molar-refractivity contribution < 1.29 is 27.4 Å². The maximum atomic E-state index is 16.8. The Kier molecular flexibility index (Phi) is 10.9. The number of likely N-dealkylation sites (tertiary alicyclic amines) is 1. The van der Waals surface area contributed by atoms with Crippen LogP contribution in [0, 0.1) is 28.9 Å². The molecule has 10 rings (SSSR count). The molecule has 56 heavy (non-hydrogen) atoms. The lowest BCUT2D eigenvalue weighted by Gasteiger charge is -2.39. The number of benzene rings is 2. The monoisotopic (exact) mass is 810 g/mol. The number of fused-ring (bicyclic) bond motifs is 2. The summed E-state index contributed by atoms with van der Waals surface area (Å²) in [6, 6.07) is 5.23. The van der Waals surface area contributed by atoms with Crippen LogP contribution in [-0.2, 0) is 4.79 Å². The second-order valence-electron chi connectivity index (χ2n) is 15.1. The number of carbonyl (C=O) groups excluding carboxylic acids is 1. The highest BCUT2D eigenvalue weighted by molar-refractivity contribution is 7.23. The quantitative estimate of drug-likeness (QED) is 0.201. The van der Waals surface area contributed by atoms with Crippen LogP contribution in [0.5, 0.6) is 11.8 Å². The number of halogens is 4. The van der Waals surface area contributed by atoms with Gasteiger partial charge in [-0.3, -0.25) is 15.0 Å². The van der Waals surface area contributed by atoms with Gasteiger partial charge in [0.25, 0.3) is 0 Å². The van der Waals surface area contributed by atoms with Crippen LogP contribution in [0.15, 0.2) is 12.1 Å². The number of hydrogen-bond donors (Lipinski definition) is 2. The van der Waals surface area contributed by atoms with Crippen molar-refractivity contribution in [2.45, 2.75) is 89.1 Å². The van der Waals surface area contributed by atoms with E-state index in [9.17, 15) is 18.8 Å². The van der Waals surface area contributed by atoms with E-state index < -0.39 is 17.8 Å². The first-order valence-corrected chi connectivity index (χ1v) is 20.9. The maximum absolute atomic E-state index is 16.8. The zero-order chi connectivity index (χ0) is 39.4. The predicted molar refractivity (Wildman–Crippen MR) is 212 cm³/mol. The van der Waals surface area contributed by atoms with Gasteiger partial charge in [0.15, 0.2) is 11.6 Å². The van der Waals surface area contributed by atoms with Gasteiger partial charge in [-0.05, 0) is 69.0 Å². The van der Waals surface area contributed by atoms with Crippen molar-refractivity contribution in [1.82, 2.24) is 25.1 Å². The molecule has 6 aliphatic rings. The highest BCUT2D eigenvalue weighted by Gasteiger charge is 2.52. The number of piperidine rings is 1. The first kappa shape index (κ1) is 38.8. The molecule has 7 heterocycles. The average molecular weight is 811 g/mol. The van der Waals surface area contributed by atoms with Crippen LogP contribution in [0.1, 0.15) is 64.4 Å². The van der Waals surface area contributed by atoms with Gasteiger partial charge in [-0.2, -0.15) is 15.2 Å². The van der Waals surface area contributed by atoms with E-state index in [-0.39, 0.29) is 84.1 Å². The molecule has 16 heteroatoms. The molecule has 1 aliphatic carbocycles. The molecule has 11 nitrogen and oxygen atoms in total. The number of hydrogen-bond acceptors (Lipinski definition) is 11. The first-order valence-electron chi connectivity index (χ1n) is 19.7. The zero-order valence-corrected chi connectivity index (χ0v) is 33.3. The van der Waals surface area contributed by atoms with Gasteiger partial charge in [-0.1, -0.05) is 31.5 Å².